The summed E-state index contributed by atoms with van der Waals surface area (Å²) < 4.78 is 0. The van der Waals surface area contributed by atoms with E-state index in [-0.39, 0.29) is 0 Å². The number of anilines is 1. The zero-order chi connectivity index (χ0) is 24.1. The Kier molecular flexibility index (Phi) is 10.8. The van der Waals surface area contributed by atoms with Crippen LogP contribution in [0.2, 0.25) is 10.0 Å². The predicted octanol–water partition coefficient (Wildman–Crippen LogP) is 5.99. The van der Waals surface area contributed by atoms with Gasteiger partial charge in [-0.2, -0.15) is 10.5 Å². The molecule has 3 aromatic carbocycles. The number of nitriles is 2. The first-order valence-corrected chi connectivity index (χ1v) is 11.0. The van der Waals surface area contributed by atoms with E-state index in [0.29, 0.717) is 16.1 Å². The van der Waals surface area contributed by atoms with Gasteiger partial charge in [0.15, 0.2) is 0 Å². The molecule has 0 unspecified atom stereocenters. The minimum absolute atomic E-state index is 0.586. The lowest BCUT2D eigenvalue weighted by atomic mass is 10.1. The van der Waals surface area contributed by atoms with Gasteiger partial charge < -0.3 is 4.90 Å². The van der Waals surface area contributed by atoms with Gasteiger partial charge in [0.05, 0.1) is 34.0 Å². The monoisotopic (exact) mass is 474 g/mol. The smallest absolute Gasteiger partial charge is 0.0992 e. The topological polar surface area (TPSA) is 54.1 Å². The van der Waals surface area contributed by atoms with E-state index in [4.69, 9.17) is 33.7 Å². The standard InChI is InChI=1S/C19H17ClN4.C6H5Cl.C2H2/c20-18-11-17(13-22)5-6-19(18)24-9-7-23(8-10-24)14-16-3-1-15(12-21)2-4-16;7-6-4-2-1-3-5-6;1-2/h1-6,11H,7-10,14H2;1-5H;1-2H. The normalized spacial score (nSPS) is 12.7. The van der Waals surface area contributed by atoms with Crippen molar-refractivity contribution in [3.05, 3.63) is 99.5 Å². The van der Waals surface area contributed by atoms with Crippen LogP contribution < -0.4 is 4.90 Å². The van der Waals surface area contributed by atoms with E-state index in [9.17, 15) is 0 Å². The number of terminal acetylenes is 1. The lowest BCUT2D eigenvalue weighted by molar-refractivity contribution is 0.250. The average Bonchev–Trinajstić information content (AvgIpc) is 2.87. The summed E-state index contributed by atoms with van der Waals surface area (Å²) in [5, 5.41) is 19.2. The zero-order valence-corrected chi connectivity index (χ0v) is 19.7. The van der Waals surface area contributed by atoms with Crippen LogP contribution in [0.1, 0.15) is 16.7 Å². The van der Waals surface area contributed by atoms with Gasteiger partial charge in [-0.15, -0.1) is 12.8 Å². The van der Waals surface area contributed by atoms with Gasteiger partial charge in [0.25, 0.3) is 0 Å². The minimum atomic E-state index is 0.586. The second kappa shape index (κ2) is 13.8. The molecule has 4 rings (SSSR count). The van der Waals surface area contributed by atoms with Crippen molar-refractivity contribution >= 4 is 28.9 Å². The van der Waals surface area contributed by atoms with E-state index < -0.39 is 0 Å². The molecule has 0 atom stereocenters. The van der Waals surface area contributed by atoms with Crippen LogP contribution in [0.15, 0.2) is 72.8 Å². The second-order valence-electron chi connectivity index (χ2n) is 7.15. The number of piperazine rings is 1. The van der Waals surface area contributed by atoms with Gasteiger partial charge in [0.1, 0.15) is 0 Å². The Morgan fingerprint density at radius 1 is 0.758 bits per heavy atom. The molecule has 4 nitrogen and oxygen atoms in total. The first kappa shape index (κ1) is 25.8. The quantitative estimate of drug-likeness (QED) is 0.437. The molecular formula is C27H24Cl2N4. The van der Waals surface area contributed by atoms with Gasteiger partial charge in [-0.25, -0.2) is 0 Å². The molecule has 0 amide bonds. The first-order chi connectivity index (χ1) is 16.1. The fraction of sp³-hybridized carbons (Fsp3) is 0.185. The Morgan fingerprint density at radius 2 is 1.33 bits per heavy atom. The molecule has 0 aromatic heterocycles. The van der Waals surface area contributed by atoms with E-state index in [1.54, 1.807) is 6.07 Å². The molecule has 3 aromatic rings. The largest absolute Gasteiger partial charge is 0.368 e. The van der Waals surface area contributed by atoms with Crippen molar-refractivity contribution in [3.8, 4) is 25.0 Å². The zero-order valence-electron chi connectivity index (χ0n) is 18.2. The molecule has 1 saturated heterocycles. The molecule has 0 spiro atoms. The van der Waals surface area contributed by atoms with E-state index >= 15 is 0 Å². The summed E-state index contributed by atoms with van der Waals surface area (Å²) in [6.45, 7) is 4.61. The molecule has 0 saturated carbocycles. The van der Waals surface area contributed by atoms with Crippen LogP contribution in [0.25, 0.3) is 0 Å². The van der Waals surface area contributed by atoms with Crippen molar-refractivity contribution in [3.63, 3.8) is 0 Å². The van der Waals surface area contributed by atoms with Crippen LogP contribution in [0, 0.1) is 35.5 Å². The summed E-state index contributed by atoms with van der Waals surface area (Å²) in [5.41, 5.74) is 3.50. The maximum atomic E-state index is 8.92. The van der Waals surface area contributed by atoms with Crippen LogP contribution >= 0.6 is 23.2 Å². The first-order valence-electron chi connectivity index (χ1n) is 10.3. The third-order valence-electron chi connectivity index (χ3n) is 5.01. The second-order valence-corrected chi connectivity index (χ2v) is 7.99. The van der Waals surface area contributed by atoms with Crippen LogP contribution in [0.4, 0.5) is 5.69 Å². The van der Waals surface area contributed by atoms with Crippen LogP contribution in [-0.2, 0) is 6.54 Å². The Labute approximate surface area is 206 Å². The molecule has 0 radical (unpaired) electrons. The van der Waals surface area contributed by atoms with E-state index in [0.717, 1.165) is 43.4 Å². The minimum Gasteiger partial charge on any atom is -0.368 e. The molecule has 0 aliphatic carbocycles. The number of nitrogens with zero attached hydrogens (tertiary/aromatic N) is 4. The number of benzene rings is 3. The Bertz CT molecular complexity index is 1100. The van der Waals surface area contributed by atoms with Crippen molar-refractivity contribution in [2.75, 3.05) is 31.1 Å². The summed E-state index contributed by atoms with van der Waals surface area (Å²) >= 11 is 11.8. The van der Waals surface area contributed by atoms with Crippen molar-refractivity contribution in [2.24, 2.45) is 0 Å². The molecular weight excluding hydrogens is 451 g/mol. The van der Waals surface area contributed by atoms with Crippen LogP contribution in [0.3, 0.4) is 0 Å². The summed E-state index contributed by atoms with van der Waals surface area (Å²) in [4.78, 5) is 4.66. The van der Waals surface area contributed by atoms with E-state index in [2.05, 4.69) is 34.8 Å². The molecule has 1 heterocycles. The molecule has 6 heteroatoms. The van der Waals surface area contributed by atoms with Gasteiger partial charge in [-0.1, -0.05) is 53.5 Å². The Hall–Kier alpha value is -3.46. The van der Waals surface area contributed by atoms with Gasteiger partial charge in [0.2, 0.25) is 0 Å². The van der Waals surface area contributed by atoms with Gasteiger partial charge in [-0.05, 0) is 48.0 Å². The molecule has 33 heavy (non-hydrogen) atoms. The lowest BCUT2D eigenvalue weighted by Crippen LogP contribution is -2.46. The van der Waals surface area contributed by atoms with Crippen molar-refractivity contribution in [1.82, 2.24) is 4.90 Å². The lowest BCUT2D eigenvalue weighted by Gasteiger charge is -2.36. The molecule has 166 valence electrons. The highest BCUT2D eigenvalue weighted by molar-refractivity contribution is 6.33. The highest BCUT2D eigenvalue weighted by Crippen LogP contribution is 2.27. The van der Waals surface area contributed by atoms with Gasteiger partial charge >= 0.3 is 0 Å². The third-order valence-corrected chi connectivity index (χ3v) is 5.57. The maximum Gasteiger partial charge on any atom is 0.0992 e. The third kappa shape index (κ3) is 8.19. The summed E-state index contributed by atoms with van der Waals surface area (Å²) in [7, 11) is 0. The highest BCUT2D eigenvalue weighted by atomic mass is 35.5. The molecule has 1 aliphatic rings. The van der Waals surface area contributed by atoms with Crippen LogP contribution in [0.5, 0.6) is 0 Å². The average molecular weight is 475 g/mol. The maximum absolute atomic E-state index is 8.92. The van der Waals surface area contributed by atoms with Crippen LogP contribution in [-0.4, -0.2) is 31.1 Å². The fourth-order valence-electron chi connectivity index (χ4n) is 3.34. The number of hydrogen-bond acceptors (Lipinski definition) is 4. The molecule has 0 N–H and O–H groups in total. The molecule has 1 aliphatic heterocycles. The fourth-order valence-corrected chi connectivity index (χ4v) is 3.78. The SMILES string of the molecule is C#C.Clc1ccccc1.N#Cc1ccc(CN2CCN(c3ccc(C#N)cc3Cl)CC2)cc1. The summed E-state index contributed by atoms with van der Waals surface area (Å²) in [6.07, 6.45) is 8.00. The number of hydrogen-bond donors (Lipinski definition) is 0. The summed E-state index contributed by atoms with van der Waals surface area (Å²) in [5.74, 6) is 0. The highest BCUT2D eigenvalue weighted by Gasteiger charge is 2.19. The number of halogens is 2. The van der Waals surface area contributed by atoms with E-state index in [1.807, 2.05) is 66.7 Å². The van der Waals surface area contributed by atoms with Crippen molar-refractivity contribution < 1.29 is 0 Å². The van der Waals surface area contributed by atoms with Crippen molar-refractivity contribution in [1.29, 1.82) is 10.5 Å². The Morgan fingerprint density at radius 3 is 1.82 bits per heavy atom. The number of rotatable bonds is 3. The van der Waals surface area contributed by atoms with Gasteiger partial charge in [-0.3, -0.25) is 4.90 Å². The molecule has 1 fully saturated rings. The van der Waals surface area contributed by atoms with Crippen molar-refractivity contribution in [2.45, 2.75) is 6.54 Å². The molecule has 0 bridgehead atoms. The van der Waals surface area contributed by atoms with E-state index in [1.165, 1.54) is 5.56 Å². The summed E-state index contributed by atoms with van der Waals surface area (Å²) in [6, 6.07) is 26.9. The Balaban J connectivity index is 0.000000362. The van der Waals surface area contributed by atoms with Gasteiger partial charge in [0, 0.05) is 37.7 Å². The predicted molar refractivity (Wildman–Crippen MR) is 136 cm³/mol.